The number of hydrogen-bond acceptors (Lipinski definition) is 2. The Morgan fingerprint density at radius 2 is 1.82 bits per heavy atom. The molecule has 2 aliphatic rings. The van der Waals surface area contributed by atoms with Crippen LogP contribution in [0.25, 0.3) is 0 Å². The fourth-order valence-electron chi connectivity index (χ4n) is 2.88. The monoisotopic (exact) mass is 239 g/mol. The SMILES string of the molecule is O=C(CC1CCC1)NCC1CCCC1C(=O)O. The molecule has 4 nitrogen and oxygen atoms in total. The van der Waals surface area contributed by atoms with E-state index in [1.54, 1.807) is 0 Å². The van der Waals surface area contributed by atoms with E-state index in [9.17, 15) is 9.59 Å². The molecule has 0 heterocycles. The zero-order valence-corrected chi connectivity index (χ0v) is 10.2. The number of amides is 1. The van der Waals surface area contributed by atoms with Crippen LogP contribution in [-0.4, -0.2) is 23.5 Å². The Labute approximate surface area is 102 Å². The Morgan fingerprint density at radius 3 is 2.41 bits per heavy atom. The molecule has 96 valence electrons. The van der Waals surface area contributed by atoms with Crippen LogP contribution in [0.3, 0.4) is 0 Å². The number of carboxylic acid groups (broad SMARTS) is 1. The predicted molar refractivity (Wildman–Crippen MR) is 63.4 cm³/mol. The van der Waals surface area contributed by atoms with Gasteiger partial charge in [0.05, 0.1) is 5.92 Å². The summed E-state index contributed by atoms with van der Waals surface area (Å²) in [4.78, 5) is 22.6. The third-order valence-electron chi connectivity index (χ3n) is 4.24. The van der Waals surface area contributed by atoms with Crippen molar-refractivity contribution >= 4 is 11.9 Å². The van der Waals surface area contributed by atoms with E-state index in [1.165, 1.54) is 19.3 Å². The van der Waals surface area contributed by atoms with E-state index >= 15 is 0 Å². The Bertz CT molecular complexity index is 299. The second-order valence-electron chi connectivity index (χ2n) is 5.44. The van der Waals surface area contributed by atoms with Gasteiger partial charge in [0.15, 0.2) is 0 Å². The minimum absolute atomic E-state index is 0.103. The molecule has 0 saturated heterocycles. The molecule has 2 N–H and O–H groups in total. The molecule has 2 rings (SSSR count). The second kappa shape index (κ2) is 5.52. The van der Waals surface area contributed by atoms with Gasteiger partial charge >= 0.3 is 5.97 Å². The van der Waals surface area contributed by atoms with Crippen LogP contribution in [0.2, 0.25) is 0 Å². The van der Waals surface area contributed by atoms with Crippen molar-refractivity contribution in [3.8, 4) is 0 Å². The first-order valence-electron chi connectivity index (χ1n) is 6.66. The molecular weight excluding hydrogens is 218 g/mol. The normalized spacial score (nSPS) is 28.7. The van der Waals surface area contributed by atoms with E-state index in [1.807, 2.05) is 0 Å². The number of rotatable bonds is 5. The number of aliphatic carboxylic acids is 1. The molecule has 0 aromatic heterocycles. The molecule has 2 fully saturated rings. The van der Waals surface area contributed by atoms with E-state index in [0.29, 0.717) is 18.9 Å². The maximum atomic E-state index is 11.6. The predicted octanol–water partition coefficient (Wildman–Crippen LogP) is 1.79. The molecule has 17 heavy (non-hydrogen) atoms. The first kappa shape index (κ1) is 12.4. The zero-order chi connectivity index (χ0) is 12.3. The number of nitrogens with one attached hydrogen (secondary N) is 1. The Hall–Kier alpha value is -1.06. The van der Waals surface area contributed by atoms with Gasteiger partial charge in [0.25, 0.3) is 0 Å². The summed E-state index contributed by atoms with van der Waals surface area (Å²) >= 11 is 0. The standard InChI is InChI=1S/C13H21NO3/c15-12(7-9-3-1-4-9)14-8-10-5-2-6-11(10)13(16)17/h9-11H,1-8H2,(H,14,15)(H,16,17). The first-order valence-corrected chi connectivity index (χ1v) is 6.66. The Kier molecular flexibility index (Phi) is 4.02. The smallest absolute Gasteiger partial charge is 0.306 e. The fraction of sp³-hybridized carbons (Fsp3) is 0.846. The summed E-state index contributed by atoms with van der Waals surface area (Å²) in [5, 5.41) is 11.9. The lowest BCUT2D eigenvalue weighted by Gasteiger charge is -2.25. The van der Waals surface area contributed by atoms with Crippen molar-refractivity contribution in [2.45, 2.75) is 44.9 Å². The summed E-state index contributed by atoms with van der Waals surface area (Å²) in [6.45, 7) is 0.544. The largest absolute Gasteiger partial charge is 0.481 e. The lowest BCUT2D eigenvalue weighted by molar-refractivity contribution is -0.143. The van der Waals surface area contributed by atoms with Gasteiger partial charge in [-0.05, 0) is 37.5 Å². The zero-order valence-electron chi connectivity index (χ0n) is 10.2. The summed E-state index contributed by atoms with van der Waals surface area (Å²) in [6.07, 6.45) is 6.90. The van der Waals surface area contributed by atoms with E-state index < -0.39 is 5.97 Å². The molecule has 0 aliphatic heterocycles. The summed E-state index contributed by atoms with van der Waals surface area (Å²) < 4.78 is 0. The van der Waals surface area contributed by atoms with E-state index in [4.69, 9.17) is 5.11 Å². The number of carboxylic acids is 1. The highest BCUT2D eigenvalue weighted by Gasteiger charge is 2.33. The highest BCUT2D eigenvalue weighted by molar-refractivity contribution is 5.76. The van der Waals surface area contributed by atoms with Crippen LogP contribution in [0.5, 0.6) is 0 Å². The van der Waals surface area contributed by atoms with Crippen molar-refractivity contribution in [2.75, 3.05) is 6.54 Å². The number of hydrogen-bond donors (Lipinski definition) is 2. The maximum absolute atomic E-state index is 11.6. The van der Waals surface area contributed by atoms with Gasteiger partial charge in [-0.1, -0.05) is 12.8 Å². The van der Waals surface area contributed by atoms with Crippen LogP contribution in [0, 0.1) is 17.8 Å². The molecule has 1 amide bonds. The van der Waals surface area contributed by atoms with E-state index in [2.05, 4.69) is 5.32 Å². The Balaban J connectivity index is 1.69. The van der Waals surface area contributed by atoms with E-state index in [-0.39, 0.29) is 17.7 Å². The minimum Gasteiger partial charge on any atom is -0.481 e. The average molecular weight is 239 g/mol. The average Bonchev–Trinajstić information content (AvgIpc) is 2.68. The van der Waals surface area contributed by atoms with Gasteiger partial charge in [-0.15, -0.1) is 0 Å². The topological polar surface area (TPSA) is 66.4 Å². The fourth-order valence-corrected chi connectivity index (χ4v) is 2.88. The van der Waals surface area contributed by atoms with E-state index in [0.717, 1.165) is 19.3 Å². The van der Waals surface area contributed by atoms with Gasteiger partial charge in [0.2, 0.25) is 5.91 Å². The highest BCUT2D eigenvalue weighted by Crippen LogP contribution is 2.32. The summed E-state index contributed by atoms with van der Waals surface area (Å²) in [5.41, 5.74) is 0. The molecule has 2 atom stereocenters. The van der Waals surface area contributed by atoms with Crippen LogP contribution in [0.1, 0.15) is 44.9 Å². The molecule has 2 unspecified atom stereocenters. The number of carbonyl (C=O) groups excluding carboxylic acids is 1. The van der Waals surface area contributed by atoms with Crippen LogP contribution >= 0.6 is 0 Å². The Morgan fingerprint density at radius 1 is 1.12 bits per heavy atom. The van der Waals surface area contributed by atoms with Crippen molar-refractivity contribution in [1.29, 1.82) is 0 Å². The maximum Gasteiger partial charge on any atom is 0.306 e. The molecule has 2 saturated carbocycles. The van der Waals surface area contributed by atoms with Gasteiger partial charge in [-0.25, -0.2) is 0 Å². The lowest BCUT2D eigenvalue weighted by Crippen LogP contribution is -2.34. The highest BCUT2D eigenvalue weighted by atomic mass is 16.4. The summed E-state index contributed by atoms with van der Waals surface area (Å²) in [6, 6.07) is 0. The van der Waals surface area contributed by atoms with Gasteiger partial charge < -0.3 is 10.4 Å². The minimum atomic E-state index is -0.708. The van der Waals surface area contributed by atoms with Crippen LogP contribution < -0.4 is 5.32 Å². The van der Waals surface area contributed by atoms with Crippen molar-refractivity contribution in [1.82, 2.24) is 5.32 Å². The summed E-state index contributed by atoms with van der Waals surface area (Å²) in [7, 11) is 0. The number of carbonyl (C=O) groups is 2. The first-order chi connectivity index (χ1) is 8.16. The molecular formula is C13H21NO3. The van der Waals surface area contributed by atoms with Crippen molar-refractivity contribution in [3.63, 3.8) is 0 Å². The van der Waals surface area contributed by atoms with Gasteiger partial charge in [-0.3, -0.25) is 9.59 Å². The van der Waals surface area contributed by atoms with Crippen molar-refractivity contribution in [3.05, 3.63) is 0 Å². The van der Waals surface area contributed by atoms with Gasteiger partial charge in [-0.2, -0.15) is 0 Å². The van der Waals surface area contributed by atoms with Crippen LogP contribution in [0.15, 0.2) is 0 Å². The molecule has 0 bridgehead atoms. The summed E-state index contributed by atoms with van der Waals surface area (Å²) in [5.74, 6) is -0.142. The van der Waals surface area contributed by atoms with Crippen LogP contribution in [-0.2, 0) is 9.59 Å². The third-order valence-corrected chi connectivity index (χ3v) is 4.24. The van der Waals surface area contributed by atoms with Gasteiger partial charge in [0, 0.05) is 13.0 Å². The molecule has 0 radical (unpaired) electrons. The molecule has 0 aromatic rings. The van der Waals surface area contributed by atoms with Crippen molar-refractivity contribution in [2.24, 2.45) is 17.8 Å². The third kappa shape index (κ3) is 3.20. The quantitative estimate of drug-likeness (QED) is 0.768. The second-order valence-corrected chi connectivity index (χ2v) is 5.44. The van der Waals surface area contributed by atoms with Crippen LogP contribution in [0.4, 0.5) is 0 Å². The van der Waals surface area contributed by atoms with Gasteiger partial charge in [0.1, 0.15) is 0 Å². The molecule has 4 heteroatoms. The molecule has 0 aromatic carbocycles. The lowest BCUT2D eigenvalue weighted by atomic mass is 9.83. The molecule has 2 aliphatic carbocycles. The molecule has 0 spiro atoms. The van der Waals surface area contributed by atoms with Crippen molar-refractivity contribution < 1.29 is 14.7 Å².